The van der Waals surface area contributed by atoms with E-state index in [9.17, 15) is 13.2 Å². The summed E-state index contributed by atoms with van der Waals surface area (Å²) >= 11 is 5.43. The van der Waals surface area contributed by atoms with Crippen LogP contribution in [0.5, 0.6) is 0 Å². The average Bonchev–Trinajstić information content (AvgIpc) is 2.15. The quantitative estimate of drug-likeness (QED) is 0.428. The van der Waals surface area contributed by atoms with Gasteiger partial charge >= 0.3 is 0 Å². The molecule has 0 aliphatic heterocycles. The van der Waals surface area contributed by atoms with Gasteiger partial charge in [-0.1, -0.05) is 0 Å². The van der Waals surface area contributed by atoms with Crippen LogP contribution in [0.15, 0.2) is 29.2 Å². The summed E-state index contributed by atoms with van der Waals surface area (Å²) in [6.45, 7) is 0. The number of carbonyl (C=O) groups excluding carboxylic acids is 1. The molecule has 0 aliphatic carbocycles. The number of carbonyl (C=O) groups is 1. The topological polar surface area (TPSA) is 109 Å². The zero-order valence-electron chi connectivity index (χ0n) is 8.63. The Kier molecular flexibility index (Phi) is 4.47. The van der Waals surface area contributed by atoms with Crippen molar-refractivity contribution in [2.24, 2.45) is 5.73 Å². The molecule has 0 aliphatic rings. The van der Waals surface area contributed by atoms with Crippen molar-refractivity contribution in [1.82, 2.24) is 0 Å². The maximum absolute atomic E-state index is 11.3. The highest BCUT2D eigenvalue weighted by atomic mass is 35.5. The van der Waals surface area contributed by atoms with Gasteiger partial charge in [0.15, 0.2) is 0 Å². The van der Waals surface area contributed by atoms with E-state index in [1.165, 1.54) is 24.3 Å². The van der Waals surface area contributed by atoms with Crippen LogP contribution in [0.4, 0.5) is 5.69 Å². The van der Waals surface area contributed by atoms with E-state index in [-0.39, 0.29) is 17.2 Å². The predicted molar refractivity (Wildman–Crippen MR) is 63.3 cm³/mol. The molecule has 6 nitrogen and oxygen atoms in total. The van der Waals surface area contributed by atoms with Crippen molar-refractivity contribution in [1.29, 1.82) is 0 Å². The molecule has 17 heavy (non-hydrogen) atoms. The molecule has 0 aromatic heterocycles. The standard InChI is InChI=1S/C9H11ClN2O4S/c10-8(11)5-9(13)12-6-1-3-7(4-2-6)17(14,15)16/h1-4,8H,5,11H2,(H,12,13)(H,14,15,16). The molecule has 1 aromatic carbocycles. The maximum atomic E-state index is 11.3. The van der Waals surface area contributed by atoms with Crippen LogP contribution in [-0.4, -0.2) is 24.4 Å². The van der Waals surface area contributed by atoms with Gasteiger partial charge in [0.05, 0.1) is 16.8 Å². The van der Waals surface area contributed by atoms with Crippen LogP contribution in [0.25, 0.3) is 0 Å². The largest absolute Gasteiger partial charge is 0.326 e. The van der Waals surface area contributed by atoms with E-state index in [2.05, 4.69) is 5.32 Å². The smallest absolute Gasteiger partial charge is 0.294 e. The second kappa shape index (κ2) is 5.46. The molecule has 0 radical (unpaired) electrons. The molecule has 0 spiro atoms. The summed E-state index contributed by atoms with van der Waals surface area (Å²) in [6, 6.07) is 5.04. The minimum Gasteiger partial charge on any atom is -0.326 e. The molecular formula is C9H11ClN2O4S. The highest BCUT2D eigenvalue weighted by Gasteiger charge is 2.10. The van der Waals surface area contributed by atoms with E-state index in [0.717, 1.165) is 0 Å². The summed E-state index contributed by atoms with van der Waals surface area (Å²) in [6.07, 6.45) is -0.0540. The molecule has 0 bridgehead atoms. The van der Waals surface area contributed by atoms with Gasteiger partial charge in [0, 0.05) is 5.69 Å². The first-order valence-electron chi connectivity index (χ1n) is 4.56. The molecule has 0 fully saturated rings. The van der Waals surface area contributed by atoms with E-state index in [0.29, 0.717) is 5.69 Å². The molecule has 1 unspecified atom stereocenters. The Hall–Kier alpha value is -1.15. The SMILES string of the molecule is NC(Cl)CC(=O)Nc1ccc(S(=O)(=O)O)cc1. The fourth-order valence-corrected chi connectivity index (χ4v) is 1.72. The van der Waals surface area contributed by atoms with Gasteiger partial charge in [-0.3, -0.25) is 9.35 Å². The zero-order valence-corrected chi connectivity index (χ0v) is 10.2. The Morgan fingerprint density at radius 3 is 2.35 bits per heavy atom. The van der Waals surface area contributed by atoms with Crippen LogP contribution in [-0.2, 0) is 14.9 Å². The molecule has 1 atom stereocenters. The lowest BCUT2D eigenvalue weighted by Crippen LogP contribution is -2.22. The summed E-state index contributed by atoms with van der Waals surface area (Å²) < 4.78 is 30.2. The minimum absolute atomic E-state index is 0.0540. The number of alkyl halides is 1. The second-order valence-electron chi connectivity index (χ2n) is 3.27. The number of hydrogen-bond acceptors (Lipinski definition) is 4. The van der Waals surface area contributed by atoms with Crippen LogP contribution < -0.4 is 11.1 Å². The third-order valence-corrected chi connectivity index (χ3v) is 2.84. The van der Waals surface area contributed by atoms with Crippen LogP contribution in [0.2, 0.25) is 0 Å². The van der Waals surface area contributed by atoms with Crippen molar-refractivity contribution in [2.45, 2.75) is 16.8 Å². The van der Waals surface area contributed by atoms with Gasteiger partial charge in [0.25, 0.3) is 10.1 Å². The lowest BCUT2D eigenvalue weighted by atomic mass is 10.3. The molecular weight excluding hydrogens is 268 g/mol. The molecule has 4 N–H and O–H groups in total. The van der Waals surface area contributed by atoms with E-state index < -0.39 is 15.6 Å². The van der Waals surface area contributed by atoms with Gasteiger partial charge < -0.3 is 11.1 Å². The molecule has 8 heteroatoms. The van der Waals surface area contributed by atoms with E-state index >= 15 is 0 Å². The highest BCUT2D eigenvalue weighted by molar-refractivity contribution is 7.85. The number of rotatable bonds is 4. The molecule has 0 saturated carbocycles. The Labute approximate surface area is 104 Å². The van der Waals surface area contributed by atoms with Gasteiger partial charge in [-0.05, 0) is 24.3 Å². The summed E-state index contributed by atoms with van der Waals surface area (Å²) in [4.78, 5) is 11.0. The summed E-state index contributed by atoms with van der Waals surface area (Å²) in [5.74, 6) is -0.382. The lowest BCUT2D eigenvalue weighted by Gasteiger charge is -2.06. The molecule has 0 heterocycles. The first-order valence-corrected chi connectivity index (χ1v) is 6.44. The number of amides is 1. The van der Waals surface area contributed by atoms with Crippen LogP contribution >= 0.6 is 11.6 Å². The van der Waals surface area contributed by atoms with Gasteiger partial charge in [-0.25, -0.2) is 0 Å². The number of anilines is 1. The van der Waals surface area contributed by atoms with Crippen LogP contribution in [0.3, 0.4) is 0 Å². The lowest BCUT2D eigenvalue weighted by molar-refractivity contribution is -0.116. The number of benzene rings is 1. The summed E-state index contributed by atoms with van der Waals surface area (Å²) in [7, 11) is -4.22. The predicted octanol–water partition coefficient (Wildman–Crippen LogP) is 0.786. The molecule has 94 valence electrons. The number of hydrogen-bond donors (Lipinski definition) is 3. The fourth-order valence-electron chi connectivity index (χ4n) is 1.10. The van der Waals surface area contributed by atoms with Crippen molar-refractivity contribution < 1.29 is 17.8 Å². The van der Waals surface area contributed by atoms with Gasteiger partial charge in [-0.2, -0.15) is 8.42 Å². The molecule has 1 amide bonds. The zero-order chi connectivity index (χ0) is 13.1. The first kappa shape index (κ1) is 13.9. The van der Waals surface area contributed by atoms with Crippen molar-refractivity contribution in [3.63, 3.8) is 0 Å². The highest BCUT2D eigenvalue weighted by Crippen LogP contribution is 2.14. The number of nitrogens with two attached hydrogens (primary N) is 1. The normalized spacial score (nSPS) is 13.1. The second-order valence-corrected chi connectivity index (χ2v) is 5.25. The van der Waals surface area contributed by atoms with Crippen molar-refractivity contribution in [2.75, 3.05) is 5.32 Å². The Morgan fingerprint density at radius 1 is 1.41 bits per heavy atom. The summed E-state index contributed by atoms with van der Waals surface area (Å²) in [5.41, 5.74) is 4.84. The third kappa shape index (κ3) is 4.70. The molecule has 0 saturated heterocycles. The van der Waals surface area contributed by atoms with Crippen LogP contribution in [0, 0.1) is 0 Å². The van der Waals surface area contributed by atoms with Crippen molar-refractivity contribution in [3.05, 3.63) is 24.3 Å². The Morgan fingerprint density at radius 2 is 1.94 bits per heavy atom. The number of nitrogens with one attached hydrogen (secondary N) is 1. The third-order valence-electron chi connectivity index (χ3n) is 1.82. The van der Waals surface area contributed by atoms with Gasteiger partial charge in [-0.15, -0.1) is 11.6 Å². The van der Waals surface area contributed by atoms with Gasteiger partial charge in [0.2, 0.25) is 5.91 Å². The van der Waals surface area contributed by atoms with E-state index in [1.54, 1.807) is 0 Å². The Bertz CT molecular complexity index is 498. The van der Waals surface area contributed by atoms with E-state index in [4.69, 9.17) is 21.9 Å². The monoisotopic (exact) mass is 278 g/mol. The van der Waals surface area contributed by atoms with Crippen LogP contribution in [0.1, 0.15) is 6.42 Å². The van der Waals surface area contributed by atoms with Crippen molar-refractivity contribution in [3.8, 4) is 0 Å². The van der Waals surface area contributed by atoms with Crippen molar-refractivity contribution >= 4 is 33.3 Å². The minimum atomic E-state index is -4.22. The first-order chi connectivity index (χ1) is 7.79. The molecule has 1 aromatic rings. The Balaban J connectivity index is 2.73. The summed E-state index contributed by atoms with van der Waals surface area (Å²) in [5, 5.41) is 2.47. The maximum Gasteiger partial charge on any atom is 0.294 e. The fraction of sp³-hybridized carbons (Fsp3) is 0.222. The van der Waals surface area contributed by atoms with Gasteiger partial charge in [0.1, 0.15) is 0 Å². The average molecular weight is 279 g/mol. The number of halogens is 1. The van der Waals surface area contributed by atoms with E-state index in [1.807, 2.05) is 0 Å². The molecule has 1 rings (SSSR count).